The van der Waals surface area contributed by atoms with Gasteiger partial charge >= 0.3 is 5.97 Å². The van der Waals surface area contributed by atoms with Crippen molar-refractivity contribution in [1.82, 2.24) is 0 Å². The van der Waals surface area contributed by atoms with Crippen LogP contribution in [0.2, 0.25) is 0 Å². The van der Waals surface area contributed by atoms with Crippen LogP contribution < -0.4 is 0 Å². The highest BCUT2D eigenvalue weighted by Crippen LogP contribution is 2.40. The second-order valence-electron chi connectivity index (χ2n) is 4.49. The summed E-state index contributed by atoms with van der Waals surface area (Å²) in [5.74, 6) is -0.949. The molecule has 0 amide bonds. The molecule has 19 heavy (non-hydrogen) atoms. The monoisotopic (exact) mass is 272 g/mol. The molecule has 96 valence electrons. The summed E-state index contributed by atoms with van der Waals surface area (Å²) in [6.07, 6.45) is -0.0308. The summed E-state index contributed by atoms with van der Waals surface area (Å²) in [4.78, 5) is 12.9. The molecule has 2 aromatic carbocycles. The molecule has 1 atom stereocenters. The number of aliphatic hydroxyl groups is 1. The molecule has 3 rings (SSSR count). The zero-order valence-corrected chi connectivity index (χ0v) is 10.9. The van der Waals surface area contributed by atoms with Crippen LogP contribution in [0.3, 0.4) is 0 Å². The third-order valence-electron chi connectivity index (χ3n) is 3.23. The van der Waals surface area contributed by atoms with Crippen molar-refractivity contribution in [2.75, 3.05) is 0 Å². The summed E-state index contributed by atoms with van der Waals surface area (Å²) in [7, 11) is 0. The Morgan fingerprint density at radius 1 is 1.16 bits per heavy atom. The van der Waals surface area contributed by atoms with E-state index in [1.807, 2.05) is 24.3 Å². The number of benzene rings is 2. The second-order valence-corrected chi connectivity index (χ2v) is 5.57. The number of aromatic carboxylic acids is 1. The van der Waals surface area contributed by atoms with E-state index in [-0.39, 0.29) is 5.56 Å². The smallest absolute Gasteiger partial charge is 0.335 e. The predicted molar refractivity (Wildman–Crippen MR) is 72.6 cm³/mol. The molecule has 1 heterocycles. The van der Waals surface area contributed by atoms with Crippen molar-refractivity contribution < 1.29 is 15.0 Å². The van der Waals surface area contributed by atoms with Gasteiger partial charge < -0.3 is 10.2 Å². The quantitative estimate of drug-likeness (QED) is 0.837. The van der Waals surface area contributed by atoms with E-state index in [0.717, 1.165) is 20.9 Å². The van der Waals surface area contributed by atoms with Crippen LogP contribution in [0.5, 0.6) is 0 Å². The van der Waals surface area contributed by atoms with E-state index in [4.69, 9.17) is 5.11 Å². The molecular weight excluding hydrogens is 260 g/mol. The molecule has 2 aromatic rings. The highest BCUT2D eigenvalue weighted by atomic mass is 32.2. The first kappa shape index (κ1) is 12.3. The SMILES string of the molecule is O=C(O)c1ccc2c(c1)Sc1ccccc1CC2O. The number of hydrogen-bond donors (Lipinski definition) is 2. The third-order valence-corrected chi connectivity index (χ3v) is 4.42. The average Bonchev–Trinajstić information content (AvgIpc) is 2.54. The summed E-state index contributed by atoms with van der Waals surface area (Å²) < 4.78 is 0. The number of rotatable bonds is 1. The Kier molecular flexibility index (Phi) is 3.05. The molecule has 0 aromatic heterocycles. The van der Waals surface area contributed by atoms with Crippen LogP contribution in [-0.2, 0) is 6.42 Å². The van der Waals surface area contributed by atoms with Crippen LogP contribution in [0.25, 0.3) is 0 Å². The van der Waals surface area contributed by atoms with E-state index < -0.39 is 12.1 Å². The lowest BCUT2D eigenvalue weighted by Crippen LogP contribution is -2.03. The Morgan fingerprint density at radius 3 is 2.74 bits per heavy atom. The lowest BCUT2D eigenvalue weighted by atomic mass is 10.0. The molecule has 0 radical (unpaired) electrons. The zero-order valence-electron chi connectivity index (χ0n) is 10.0. The molecule has 0 fully saturated rings. The number of carboxylic acid groups (broad SMARTS) is 1. The molecule has 1 unspecified atom stereocenters. The lowest BCUT2D eigenvalue weighted by Gasteiger charge is -2.11. The van der Waals surface area contributed by atoms with E-state index in [0.29, 0.717) is 6.42 Å². The molecule has 0 saturated heterocycles. The first-order valence-corrected chi connectivity index (χ1v) is 6.78. The fraction of sp³-hybridized carbons (Fsp3) is 0.133. The molecule has 0 bridgehead atoms. The normalized spacial score (nSPS) is 17.2. The van der Waals surface area contributed by atoms with Gasteiger partial charge in [0, 0.05) is 16.2 Å². The van der Waals surface area contributed by atoms with Gasteiger partial charge in [-0.2, -0.15) is 0 Å². The van der Waals surface area contributed by atoms with Crippen molar-refractivity contribution in [1.29, 1.82) is 0 Å². The zero-order chi connectivity index (χ0) is 13.4. The minimum Gasteiger partial charge on any atom is -0.478 e. The third kappa shape index (κ3) is 2.25. The Bertz CT molecular complexity index is 652. The number of carboxylic acids is 1. The summed E-state index contributed by atoms with van der Waals surface area (Å²) in [6, 6.07) is 12.8. The topological polar surface area (TPSA) is 57.5 Å². The van der Waals surface area contributed by atoms with Gasteiger partial charge in [0.05, 0.1) is 11.7 Å². The maximum absolute atomic E-state index is 11.0. The molecule has 1 aliphatic heterocycles. The summed E-state index contributed by atoms with van der Waals surface area (Å²) in [5.41, 5.74) is 2.14. The molecule has 3 nitrogen and oxygen atoms in total. The molecule has 2 N–H and O–H groups in total. The standard InChI is InChI=1S/C15H12O3S/c16-12-7-9-3-1-2-4-13(9)19-14-8-10(15(17)18)5-6-11(12)14/h1-6,8,12,16H,7H2,(H,17,18). The van der Waals surface area contributed by atoms with E-state index in [1.54, 1.807) is 18.2 Å². The fourth-order valence-corrected chi connectivity index (χ4v) is 3.41. The van der Waals surface area contributed by atoms with E-state index in [9.17, 15) is 9.90 Å². The lowest BCUT2D eigenvalue weighted by molar-refractivity contribution is 0.0696. The summed E-state index contributed by atoms with van der Waals surface area (Å²) in [5, 5.41) is 19.3. The van der Waals surface area contributed by atoms with Gasteiger partial charge in [0.1, 0.15) is 0 Å². The molecular formula is C15H12O3S. The molecule has 1 aliphatic rings. The Hall–Kier alpha value is -1.78. The highest BCUT2D eigenvalue weighted by molar-refractivity contribution is 7.99. The summed E-state index contributed by atoms with van der Waals surface area (Å²) in [6.45, 7) is 0. The molecule has 0 aliphatic carbocycles. The number of carbonyl (C=O) groups is 1. The van der Waals surface area contributed by atoms with Crippen LogP contribution in [0.1, 0.15) is 27.6 Å². The highest BCUT2D eigenvalue weighted by Gasteiger charge is 2.21. The maximum atomic E-state index is 11.0. The van der Waals surface area contributed by atoms with Crippen molar-refractivity contribution in [3.63, 3.8) is 0 Å². The van der Waals surface area contributed by atoms with Crippen molar-refractivity contribution in [2.24, 2.45) is 0 Å². The fourth-order valence-electron chi connectivity index (χ4n) is 2.24. The van der Waals surface area contributed by atoms with Gasteiger partial charge in [0.25, 0.3) is 0 Å². The molecule has 0 spiro atoms. The van der Waals surface area contributed by atoms with Gasteiger partial charge in [-0.15, -0.1) is 0 Å². The second kappa shape index (κ2) is 4.72. The molecule has 0 saturated carbocycles. The Labute approximate surface area is 114 Å². The van der Waals surface area contributed by atoms with Gasteiger partial charge in [-0.3, -0.25) is 0 Å². The van der Waals surface area contributed by atoms with Crippen LogP contribution in [0, 0.1) is 0 Å². The number of hydrogen-bond acceptors (Lipinski definition) is 3. The minimum absolute atomic E-state index is 0.248. The number of fused-ring (bicyclic) bond motifs is 2. The van der Waals surface area contributed by atoms with Gasteiger partial charge in [0.2, 0.25) is 0 Å². The van der Waals surface area contributed by atoms with E-state index in [2.05, 4.69) is 0 Å². The van der Waals surface area contributed by atoms with E-state index in [1.165, 1.54) is 11.8 Å². The van der Waals surface area contributed by atoms with Crippen molar-refractivity contribution in [3.05, 3.63) is 59.2 Å². The number of aliphatic hydroxyl groups excluding tert-OH is 1. The molecule has 4 heteroatoms. The largest absolute Gasteiger partial charge is 0.478 e. The Balaban J connectivity index is 2.12. The van der Waals surface area contributed by atoms with Crippen molar-refractivity contribution >= 4 is 17.7 Å². The van der Waals surface area contributed by atoms with Gasteiger partial charge in [0.15, 0.2) is 0 Å². The Morgan fingerprint density at radius 2 is 1.95 bits per heavy atom. The average molecular weight is 272 g/mol. The maximum Gasteiger partial charge on any atom is 0.335 e. The van der Waals surface area contributed by atoms with Crippen molar-refractivity contribution in [3.8, 4) is 0 Å². The predicted octanol–water partition coefficient (Wildman–Crippen LogP) is 3.13. The van der Waals surface area contributed by atoms with Crippen LogP contribution in [0.15, 0.2) is 52.3 Å². The first-order chi connectivity index (χ1) is 9.15. The van der Waals surface area contributed by atoms with Gasteiger partial charge in [-0.25, -0.2) is 4.79 Å². The van der Waals surface area contributed by atoms with E-state index >= 15 is 0 Å². The van der Waals surface area contributed by atoms with Gasteiger partial charge in [-0.1, -0.05) is 36.0 Å². The summed E-state index contributed by atoms with van der Waals surface area (Å²) >= 11 is 1.52. The first-order valence-electron chi connectivity index (χ1n) is 5.96. The van der Waals surface area contributed by atoms with Crippen LogP contribution in [-0.4, -0.2) is 16.2 Å². The minimum atomic E-state index is -0.949. The van der Waals surface area contributed by atoms with Crippen LogP contribution in [0.4, 0.5) is 0 Å². The van der Waals surface area contributed by atoms with Crippen molar-refractivity contribution in [2.45, 2.75) is 22.3 Å². The van der Waals surface area contributed by atoms with Crippen LogP contribution >= 0.6 is 11.8 Å². The van der Waals surface area contributed by atoms with Gasteiger partial charge in [-0.05, 0) is 29.3 Å².